The SMILES string of the molecule is CN(C)CCn1cc(O)c(=O)cc1CN(C)CC(=O)O. The Hall–Kier alpha value is -1.86. The van der Waals surface area contributed by atoms with Gasteiger partial charge in [0.2, 0.25) is 5.43 Å². The maximum absolute atomic E-state index is 11.5. The van der Waals surface area contributed by atoms with Gasteiger partial charge in [-0.05, 0) is 21.1 Å². The molecule has 1 aromatic heterocycles. The average molecular weight is 283 g/mol. The van der Waals surface area contributed by atoms with Crippen LogP contribution in [0.3, 0.4) is 0 Å². The number of carbonyl (C=O) groups is 1. The van der Waals surface area contributed by atoms with Gasteiger partial charge in [0.25, 0.3) is 0 Å². The van der Waals surface area contributed by atoms with E-state index < -0.39 is 11.4 Å². The Morgan fingerprint density at radius 1 is 1.35 bits per heavy atom. The molecule has 1 heterocycles. The molecular formula is C13H21N3O4. The van der Waals surface area contributed by atoms with Crippen molar-refractivity contribution < 1.29 is 15.0 Å². The van der Waals surface area contributed by atoms with Crippen LogP contribution in [0.1, 0.15) is 5.69 Å². The number of aromatic nitrogens is 1. The molecule has 112 valence electrons. The molecule has 0 aliphatic rings. The predicted molar refractivity (Wildman–Crippen MR) is 74.9 cm³/mol. The number of hydrogen-bond acceptors (Lipinski definition) is 5. The number of aliphatic carboxylic acids is 1. The van der Waals surface area contributed by atoms with Crippen molar-refractivity contribution in [3.05, 3.63) is 28.2 Å². The van der Waals surface area contributed by atoms with E-state index >= 15 is 0 Å². The Kier molecular flexibility index (Phi) is 5.72. The molecule has 0 aliphatic heterocycles. The minimum atomic E-state index is -0.923. The zero-order valence-electron chi connectivity index (χ0n) is 12.0. The van der Waals surface area contributed by atoms with E-state index in [0.717, 1.165) is 6.54 Å². The summed E-state index contributed by atoms with van der Waals surface area (Å²) in [5.41, 5.74) is 0.225. The molecule has 0 saturated heterocycles. The van der Waals surface area contributed by atoms with Crippen molar-refractivity contribution in [2.75, 3.05) is 34.2 Å². The third-order valence-corrected chi connectivity index (χ3v) is 2.82. The maximum atomic E-state index is 11.5. The Labute approximate surface area is 117 Å². The van der Waals surface area contributed by atoms with Crippen molar-refractivity contribution in [2.45, 2.75) is 13.1 Å². The molecule has 0 unspecified atom stereocenters. The fraction of sp³-hybridized carbons (Fsp3) is 0.538. The molecule has 0 fully saturated rings. The fourth-order valence-electron chi connectivity index (χ4n) is 1.82. The Balaban J connectivity index is 2.94. The first-order valence-corrected chi connectivity index (χ1v) is 6.27. The third kappa shape index (κ3) is 5.02. The van der Waals surface area contributed by atoms with Gasteiger partial charge < -0.3 is 19.7 Å². The van der Waals surface area contributed by atoms with Crippen molar-refractivity contribution in [3.63, 3.8) is 0 Å². The number of hydrogen-bond donors (Lipinski definition) is 2. The van der Waals surface area contributed by atoms with Crippen LogP contribution in [0.25, 0.3) is 0 Å². The largest absolute Gasteiger partial charge is 0.503 e. The van der Waals surface area contributed by atoms with Crippen molar-refractivity contribution in [3.8, 4) is 5.75 Å². The summed E-state index contributed by atoms with van der Waals surface area (Å²) in [5.74, 6) is -1.22. The lowest BCUT2D eigenvalue weighted by Crippen LogP contribution is -2.28. The van der Waals surface area contributed by atoms with Crippen LogP contribution in [0.2, 0.25) is 0 Å². The minimum Gasteiger partial charge on any atom is -0.503 e. The Bertz CT molecular complexity index is 525. The molecule has 1 rings (SSSR count). The van der Waals surface area contributed by atoms with E-state index in [9.17, 15) is 14.7 Å². The van der Waals surface area contributed by atoms with Crippen molar-refractivity contribution >= 4 is 5.97 Å². The summed E-state index contributed by atoms with van der Waals surface area (Å²) < 4.78 is 1.77. The van der Waals surface area contributed by atoms with Crippen LogP contribution in [-0.4, -0.2) is 64.8 Å². The number of carboxylic acids is 1. The quantitative estimate of drug-likeness (QED) is 0.710. The first-order chi connectivity index (χ1) is 9.29. The number of carboxylic acid groups (broad SMARTS) is 1. The maximum Gasteiger partial charge on any atom is 0.317 e. The first-order valence-electron chi connectivity index (χ1n) is 6.27. The van der Waals surface area contributed by atoms with Gasteiger partial charge in [0.1, 0.15) is 0 Å². The van der Waals surface area contributed by atoms with E-state index in [2.05, 4.69) is 0 Å². The summed E-state index contributed by atoms with van der Waals surface area (Å²) in [6, 6.07) is 1.35. The molecule has 7 heteroatoms. The lowest BCUT2D eigenvalue weighted by atomic mass is 10.3. The standard InChI is InChI=1S/C13H21N3O4/c1-14(2)4-5-16-8-12(18)11(17)6-10(16)7-15(3)9-13(19)20/h6,8,18H,4-5,7,9H2,1-3H3,(H,19,20). The van der Waals surface area contributed by atoms with Gasteiger partial charge in [-0.3, -0.25) is 14.5 Å². The van der Waals surface area contributed by atoms with Crippen molar-refractivity contribution in [1.29, 1.82) is 0 Å². The first kappa shape index (κ1) is 16.2. The van der Waals surface area contributed by atoms with Crippen LogP contribution < -0.4 is 5.43 Å². The molecule has 0 spiro atoms. The highest BCUT2D eigenvalue weighted by atomic mass is 16.4. The zero-order chi connectivity index (χ0) is 15.3. The van der Waals surface area contributed by atoms with Crippen LogP contribution in [0.5, 0.6) is 5.75 Å². The van der Waals surface area contributed by atoms with E-state index in [1.165, 1.54) is 12.3 Å². The van der Waals surface area contributed by atoms with Crippen molar-refractivity contribution in [2.24, 2.45) is 0 Å². The minimum absolute atomic E-state index is 0.108. The third-order valence-electron chi connectivity index (χ3n) is 2.82. The Morgan fingerprint density at radius 2 is 2.00 bits per heavy atom. The number of pyridine rings is 1. The van der Waals surface area contributed by atoms with Crippen LogP contribution >= 0.6 is 0 Å². The van der Waals surface area contributed by atoms with Crippen LogP contribution in [0.4, 0.5) is 0 Å². The summed E-state index contributed by atoms with van der Waals surface area (Å²) in [4.78, 5) is 25.8. The summed E-state index contributed by atoms with van der Waals surface area (Å²) in [5, 5.41) is 18.3. The molecule has 1 aromatic rings. The molecule has 0 atom stereocenters. The summed E-state index contributed by atoms with van der Waals surface area (Å²) in [6.07, 6.45) is 1.40. The lowest BCUT2D eigenvalue weighted by molar-refractivity contribution is -0.138. The van der Waals surface area contributed by atoms with Gasteiger partial charge in [-0.2, -0.15) is 0 Å². The highest BCUT2D eigenvalue weighted by Crippen LogP contribution is 2.07. The Morgan fingerprint density at radius 3 is 2.55 bits per heavy atom. The van der Waals surface area contributed by atoms with E-state index in [0.29, 0.717) is 18.8 Å². The van der Waals surface area contributed by atoms with E-state index in [-0.39, 0.29) is 12.3 Å². The second-order valence-electron chi connectivity index (χ2n) is 5.08. The summed E-state index contributed by atoms with van der Waals surface area (Å²) >= 11 is 0. The van der Waals surface area contributed by atoms with Gasteiger partial charge in [-0.25, -0.2) is 0 Å². The van der Waals surface area contributed by atoms with Gasteiger partial charge in [-0.15, -0.1) is 0 Å². The fourth-order valence-corrected chi connectivity index (χ4v) is 1.82. The van der Waals surface area contributed by atoms with Crippen molar-refractivity contribution in [1.82, 2.24) is 14.4 Å². The second-order valence-corrected chi connectivity index (χ2v) is 5.08. The molecule has 7 nitrogen and oxygen atoms in total. The smallest absolute Gasteiger partial charge is 0.317 e. The molecule has 20 heavy (non-hydrogen) atoms. The zero-order valence-corrected chi connectivity index (χ0v) is 12.0. The number of nitrogens with zero attached hydrogens (tertiary/aromatic N) is 3. The highest BCUT2D eigenvalue weighted by Gasteiger charge is 2.10. The normalized spacial score (nSPS) is 11.2. The summed E-state index contributed by atoms with van der Waals surface area (Å²) in [7, 11) is 5.53. The topological polar surface area (TPSA) is 86.0 Å². The number of rotatable bonds is 7. The van der Waals surface area contributed by atoms with Crippen LogP contribution in [-0.2, 0) is 17.9 Å². The lowest BCUT2D eigenvalue weighted by Gasteiger charge is -2.20. The molecule has 0 aliphatic carbocycles. The molecular weight excluding hydrogens is 262 g/mol. The van der Waals surface area contributed by atoms with E-state index in [4.69, 9.17) is 5.11 Å². The molecule has 0 saturated carbocycles. The molecule has 0 bridgehead atoms. The monoisotopic (exact) mass is 283 g/mol. The van der Waals surface area contributed by atoms with Gasteiger partial charge in [0.05, 0.1) is 12.7 Å². The van der Waals surface area contributed by atoms with Gasteiger partial charge in [-0.1, -0.05) is 0 Å². The second kappa shape index (κ2) is 7.06. The van der Waals surface area contributed by atoms with E-state index in [1.54, 1.807) is 16.5 Å². The van der Waals surface area contributed by atoms with Crippen LogP contribution in [0.15, 0.2) is 17.1 Å². The molecule has 0 aromatic carbocycles. The van der Waals surface area contributed by atoms with Gasteiger partial charge in [0.15, 0.2) is 5.75 Å². The predicted octanol–water partition coefficient (Wildman–Crippen LogP) is -0.368. The molecule has 2 N–H and O–H groups in total. The highest BCUT2D eigenvalue weighted by molar-refractivity contribution is 5.68. The molecule has 0 amide bonds. The number of likely N-dealkylation sites (N-methyl/N-ethyl adjacent to an activating group) is 2. The van der Waals surface area contributed by atoms with Gasteiger partial charge in [0, 0.05) is 31.4 Å². The average Bonchev–Trinajstić information content (AvgIpc) is 2.30. The molecule has 0 radical (unpaired) electrons. The van der Waals surface area contributed by atoms with Gasteiger partial charge >= 0.3 is 5.97 Å². The summed E-state index contributed by atoms with van der Waals surface area (Å²) in [6.45, 7) is 1.58. The van der Waals surface area contributed by atoms with Crippen LogP contribution in [0, 0.1) is 0 Å². The number of aromatic hydroxyl groups is 1. The van der Waals surface area contributed by atoms with E-state index in [1.807, 2.05) is 19.0 Å².